The molecule has 2 nitrogen and oxygen atoms in total. The minimum atomic E-state index is 0.553. The van der Waals surface area contributed by atoms with E-state index < -0.39 is 0 Å². The lowest BCUT2D eigenvalue weighted by Gasteiger charge is -2.25. The number of hydrogen-bond donors (Lipinski definition) is 0. The Hall–Kier alpha value is -1.28. The molecule has 0 saturated carbocycles. The van der Waals surface area contributed by atoms with Crippen molar-refractivity contribution in [1.29, 1.82) is 0 Å². The molecular formula is C15H21NO. The molecule has 1 aromatic rings. The van der Waals surface area contributed by atoms with Crippen molar-refractivity contribution in [3.63, 3.8) is 0 Å². The summed E-state index contributed by atoms with van der Waals surface area (Å²) in [6.07, 6.45) is 2.53. The number of likely N-dealkylation sites (tertiary alicyclic amines) is 1. The Morgan fingerprint density at radius 1 is 1.41 bits per heavy atom. The molecule has 0 aliphatic carbocycles. The molecule has 92 valence electrons. The second kappa shape index (κ2) is 5.37. The quantitative estimate of drug-likeness (QED) is 0.736. The van der Waals surface area contributed by atoms with Crippen LogP contribution >= 0.6 is 0 Å². The average Bonchev–Trinajstić information content (AvgIpc) is 2.76. The predicted octanol–water partition coefficient (Wildman–Crippen LogP) is 3.41. The van der Waals surface area contributed by atoms with Gasteiger partial charge in [-0.3, -0.25) is 4.90 Å². The number of hydrogen-bond acceptors (Lipinski definition) is 2. The van der Waals surface area contributed by atoms with Gasteiger partial charge in [-0.15, -0.1) is 0 Å². The summed E-state index contributed by atoms with van der Waals surface area (Å²) in [6, 6.07) is 9.01. The number of nitrogens with zero attached hydrogens (tertiary/aromatic N) is 1. The first-order chi connectivity index (χ1) is 8.20. The smallest absolute Gasteiger partial charge is 0.118 e. The SMILES string of the molecule is C=C(C)CN1CCCC1c1ccc(OC)cc1. The van der Waals surface area contributed by atoms with E-state index in [9.17, 15) is 0 Å². The summed E-state index contributed by atoms with van der Waals surface area (Å²) in [6.45, 7) is 8.31. The zero-order valence-electron chi connectivity index (χ0n) is 10.8. The standard InChI is InChI=1S/C15H21NO/c1-12(2)11-16-10-4-5-15(16)13-6-8-14(17-3)9-7-13/h6-9,15H,1,4-5,10-11H2,2-3H3. The summed E-state index contributed by atoms with van der Waals surface area (Å²) in [5.74, 6) is 0.929. The third-order valence-electron chi connectivity index (χ3n) is 3.34. The maximum Gasteiger partial charge on any atom is 0.118 e. The Morgan fingerprint density at radius 2 is 2.12 bits per heavy atom. The van der Waals surface area contributed by atoms with E-state index in [2.05, 4.69) is 30.5 Å². The second-order valence-electron chi connectivity index (χ2n) is 4.86. The van der Waals surface area contributed by atoms with Crippen LogP contribution in [-0.4, -0.2) is 25.1 Å². The molecule has 0 aromatic heterocycles. The monoisotopic (exact) mass is 231 g/mol. The highest BCUT2D eigenvalue weighted by Gasteiger charge is 2.25. The van der Waals surface area contributed by atoms with Crippen LogP contribution in [0.4, 0.5) is 0 Å². The zero-order chi connectivity index (χ0) is 12.3. The molecule has 1 aliphatic rings. The first kappa shape index (κ1) is 12.2. The van der Waals surface area contributed by atoms with Crippen molar-refractivity contribution in [3.05, 3.63) is 42.0 Å². The highest BCUT2D eigenvalue weighted by atomic mass is 16.5. The first-order valence-electron chi connectivity index (χ1n) is 6.23. The van der Waals surface area contributed by atoms with Crippen LogP contribution in [0.25, 0.3) is 0 Å². The van der Waals surface area contributed by atoms with E-state index in [1.165, 1.54) is 30.5 Å². The molecule has 1 unspecified atom stereocenters. The number of methoxy groups -OCH3 is 1. The Morgan fingerprint density at radius 3 is 2.71 bits per heavy atom. The van der Waals surface area contributed by atoms with Gasteiger partial charge >= 0.3 is 0 Å². The summed E-state index contributed by atoms with van der Waals surface area (Å²) in [5.41, 5.74) is 2.63. The molecule has 1 fully saturated rings. The van der Waals surface area contributed by atoms with Crippen molar-refractivity contribution in [2.75, 3.05) is 20.2 Å². The van der Waals surface area contributed by atoms with Crippen LogP contribution in [0, 0.1) is 0 Å². The molecule has 0 bridgehead atoms. The van der Waals surface area contributed by atoms with Crippen LogP contribution in [0.3, 0.4) is 0 Å². The minimum absolute atomic E-state index is 0.553. The van der Waals surface area contributed by atoms with Gasteiger partial charge in [-0.1, -0.05) is 24.3 Å². The lowest BCUT2D eigenvalue weighted by Crippen LogP contribution is -2.24. The predicted molar refractivity (Wildman–Crippen MR) is 71.4 cm³/mol. The first-order valence-corrected chi connectivity index (χ1v) is 6.23. The zero-order valence-corrected chi connectivity index (χ0v) is 10.8. The Kier molecular flexibility index (Phi) is 3.85. The molecule has 2 rings (SSSR count). The van der Waals surface area contributed by atoms with E-state index in [0.717, 1.165) is 12.3 Å². The molecule has 0 amide bonds. The van der Waals surface area contributed by atoms with Gasteiger partial charge in [0.25, 0.3) is 0 Å². The highest BCUT2D eigenvalue weighted by Crippen LogP contribution is 2.32. The third-order valence-corrected chi connectivity index (χ3v) is 3.34. The van der Waals surface area contributed by atoms with Crippen LogP contribution in [0.2, 0.25) is 0 Å². The van der Waals surface area contributed by atoms with Crippen LogP contribution < -0.4 is 4.74 Å². The van der Waals surface area contributed by atoms with Crippen molar-refractivity contribution in [3.8, 4) is 5.75 Å². The number of rotatable bonds is 4. The minimum Gasteiger partial charge on any atom is -0.497 e. The number of benzene rings is 1. The fourth-order valence-corrected chi connectivity index (χ4v) is 2.57. The van der Waals surface area contributed by atoms with Crippen molar-refractivity contribution >= 4 is 0 Å². The summed E-state index contributed by atoms with van der Waals surface area (Å²) in [7, 11) is 1.71. The van der Waals surface area contributed by atoms with Crippen molar-refractivity contribution in [2.24, 2.45) is 0 Å². The molecule has 17 heavy (non-hydrogen) atoms. The fourth-order valence-electron chi connectivity index (χ4n) is 2.57. The molecule has 1 saturated heterocycles. The summed E-state index contributed by atoms with van der Waals surface area (Å²) >= 11 is 0. The fraction of sp³-hybridized carbons (Fsp3) is 0.467. The molecule has 2 heteroatoms. The van der Waals surface area contributed by atoms with Crippen molar-refractivity contribution < 1.29 is 4.74 Å². The van der Waals surface area contributed by atoms with Gasteiger partial charge in [-0.2, -0.15) is 0 Å². The van der Waals surface area contributed by atoms with E-state index in [0.29, 0.717) is 6.04 Å². The van der Waals surface area contributed by atoms with E-state index in [1.807, 2.05) is 12.1 Å². The van der Waals surface area contributed by atoms with Gasteiger partial charge in [0.1, 0.15) is 5.75 Å². The molecule has 0 spiro atoms. The Balaban J connectivity index is 2.11. The van der Waals surface area contributed by atoms with Gasteiger partial charge < -0.3 is 4.74 Å². The molecule has 1 aromatic carbocycles. The van der Waals surface area contributed by atoms with Gasteiger partial charge in [0.2, 0.25) is 0 Å². The lowest BCUT2D eigenvalue weighted by atomic mass is 10.0. The molecule has 0 radical (unpaired) electrons. The molecule has 1 heterocycles. The topological polar surface area (TPSA) is 12.5 Å². The van der Waals surface area contributed by atoms with Crippen LogP contribution in [0.5, 0.6) is 5.75 Å². The normalized spacial score (nSPS) is 20.5. The van der Waals surface area contributed by atoms with Crippen molar-refractivity contribution in [1.82, 2.24) is 4.90 Å². The van der Waals surface area contributed by atoms with Gasteiger partial charge in [0.05, 0.1) is 7.11 Å². The second-order valence-corrected chi connectivity index (χ2v) is 4.86. The average molecular weight is 231 g/mol. The highest BCUT2D eigenvalue weighted by molar-refractivity contribution is 5.29. The molecule has 1 aliphatic heterocycles. The van der Waals surface area contributed by atoms with Crippen LogP contribution in [0.1, 0.15) is 31.4 Å². The largest absolute Gasteiger partial charge is 0.497 e. The van der Waals surface area contributed by atoms with E-state index in [-0.39, 0.29) is 0 Å². The van der Waals surface area contributed by atoms with Crippen LogP contribution in [-0.2, 0) is 0 Å². The third kappa shape index (κ3) is 2.89. The van der Waals surface area contributed by atoms with Gasteiger partial charge in [0, 0.05) is 12.6 Å². The summed E-state index contributed by atoms with van der Waals surface area (Å²) in [4.78, 5) is 2.52. The van der Waals surface area contributed by atoms with Gasteiger partial charge in [-0.25, -0.2) is 0 Å². The maximum atomic E-state index is 5.20. The van der Waals surface area contributed by atoms with Gasteiger partial charge in [0.15, 0.2) is 0 Å². The summed E-state index contributed by atoms with van der Waals surface area (Å²) in [5, 5.41) is 0. The van der Waals surface area contributed by atoms with Crippen molar-refractivity contribution in [2.45, 2.75) is 25.8 Å². The molecule has 1 atom stereocenters. The van der Waals surface area contributed by atoms with E-state index in [1.54, 1.807) is 7.11 Å². The molecular weight excluding hydrogens is 210 g/mol. The Bertz CT molecular complexity index is 382. The lowest BCUT2D eigenvalue weighted by molar-refractivity contribution is 0.279. The maximum absolute atomic E-state index is 5.20. The molecule has 0 N–H and O–H groups in total. The number of ether oxygens (including phenoxy) is 1. The Labute approximate surface area is 104 Å². The van der Waals surface area contributed by atoms with E-state index >= 15 is 0 Å². The van der Waals surface area contributed by atoms with Crippen LogP contribution in [0.15, 0.2) is 36.4 Å². The van der Waals surface area contributed by atoms with E-state index in [4.69, 9.17) is 4.74 Å². The van der Waals surface area contributed by atoms with Gasteiger partial charge in [-0.05, 0) is 44.0 Å². The summed E-state index contributed by atoms with van der Waals surface area (Å²) < 4.78 is 5.20.